The van der Waals surface area contributed by atoms with E-state index < -0.39 is 12.0 Å². The van der Waals surface area contributed by atoms with E-state index in [4.69, 9.17) is 17.3 Å². The summed E-state index contributed by atoms with van der Waals surface area (Å²) in [5.41, 5.74) is 4.86. The van der Waals surface area contributed by atoms with Gasteiger partial charge in [0.05, 0.1) is 0 Å². The van der Waals surface area contributed by atoms with E-state index in [1.165, 1.54) is 13.0 Å². The van der Waals surface area contributed by atoms with Crippen molar-refractivity contribution in [3.63, 3.8) is 0 Å². The summed E-state index contributed by atoms with van der Waals surface area (Å²) in [6.45, 7) is 3.03. The molecular weight excluding hydrogens is 208 g/mol. The number of nitrogens with two attached hydrogens (primary N) is 1. The largest absolute Gasteiger partial charge is 0.317 e. The van der Waals surface area contributed by atoms with Gasteiger partial charge in [-0.25, -0.2) is 8.78 Å². The van der Waals surface area contributed by atoms with Crippen molar-refractivity contribution in [2.45, 2.75) is 25.8 Å². The van der Waals surface area contributed by atoms with Crippen LogP contribution in [0.25, 0.3) is 0 Å². The van der Waals surface area contributed by atoms with Crippen molar-refractivity contribution in [3.8, 4) is 0 Å². The second kappa shape index (κ2) is 3.83. The predicted molar refractivity (Wildman–Crippen MR) is 53.7 cm³/mol. The van der Waals surface area contributed by atoms with Gasteiger partial charge in [0.2, 0.25) is 0 Å². The molecule has 0 radical (unpaired) electrons. The Morgan fingerprint density at radius 3 is 2.50 bits per heavy atom. The molecule has 1 rings (SSSR count). The first kappa shape index (κ1) is 11.4. The molecule has 2 N–H and O–H groups in total. The van der Waals surface area contributed by atoms with Gasteiger partial charge < -0.3 is 5.73 Å². The number of aryl methyl sites for hydroxylation is 1. The van der Waals surface area contributed by atoms with Crippen molar-refractivity contribution in [1.82, 2.24) is 0 Å². The third-order valence-corrected chi connectivity index (χ3v) is 2.73. The Bertz CT molecular complexity index is 337. The maximum atomic E-state index is 12.6. The van der Waals surface area contributed by atoms with Crippen LogP contribution < -0.4 is 5.73 Å². The zero-order chi connectivity index (χ0) is 10.9. The Kier molecular flexibility index (Phi) is 3.12. The van der Waals surface area contributed by atoms with Gasteiger partial charge >= 0.3 is 0 Å². The molecule has 0 bridgehead atoms. The molecule has 1 atom stereocenters. The van der Waals surface area contributed by atoms with Crippen molar-refractivity contribution in [3.05, 3.63) is 34.3 Å². The molecule has 0 saturated carbocycles. The minimum Gasteiger partial charge on any atom is -0.317 e. The molecule has 1 aromatic carbocycles. The summed E-state index contributed by atoms with van der Waals surface area (Å²) in [5.74, 6) is 0. The van der Waals surface area contributed by atoms with E-state index in [0.717, 1.165) is 5.56 Å². The lowest BCUT2D eigenvalue weighted by Gasteiger charge is -2.25. The average Bonchev–Trinajstić information content (AvgIpc) is 2.09. The average molecular weight is 220 g/mol. The lowest BCUT2D eigenvalue weighted by molar-refractivity contribution is 0.0625. The number of hydrogen-bond acceptors (Lipinski definition) is 1. The van der Waals surface area contributed by atoms with Crippen LogP contribution in [-0.2, 0) is 5.54 Å². The third-order valence-electron chi connectivity index (χ3n) is 2.23. The molecular formula is C10H12ClF2N. The summed E-state index contributed by atoms with van der Waals surface area (Å²) in [5, 5.41) is 0.317. The molecule has 0 saturated heterocycles. The van der Waals surface area contributed by atoms with Gasteiger partial charge in [0.25, 0.3) is 6.43 Å². The van der Waals surface area contributed by atoms with Crippen molar-refractivity contribution < 1.29 is 8.78 Å². The molecule has 1 unspecified atom stereocenters. The first-order chi connectivity index (χ1) is 6.37. The molecule has 4 heteroatoms. The standard InChI is InChI=1S/C10H12ClF2N/c1-6-4-3-5-7(8(6)11)10(2,14)9(12)13/h3-5,9H,14H2,1-2H3. The quantitative estimate of drug-likeness (QED) is 0.813. The highest BCUT2D eigenvalue weighted by Gasteiger charge is 2.34. The highest BCUT2D eigenvalue weighted by atomic mass is 35.5. The third kappa shape index (κ3) is 1.88. The summed E-state index contributed by atoms with van der Waals surface area (Å²) in [4.78, 5) is 0. The molecule has 0 fully saturated rings. The van der Waals surface area contributed by atoms with E-state index in [1.807, 2.05) is 0 Å². The molecule has 14 heavy (non-hydrogen) atoms. The lowest BCUT2D eigenvalue weighted by Crippen LogP contribution is -2.40. The first-order valence-electron chi connectivity index (χ1n) is 4.20. The zero-order valence-corrected chi connectivity index (χ0v) is 8.78. The zero-order valence-electron chi connectivity index (χ0n) is 8.02. The summed E-state index contributed by atoms with van der Waals surface area (Å²) < 4.78 is 25.3. The minimum absolute atomic E-state index is 0.286. The summed E-state index contributed by atoms with van der Waals surface area (Å²) >= 11 is 5.91. The fourth-order valence-electron chi connectivity index (χ4n) is 1.18. The number of benzene rings is 1. The van der Waals surface area contributed by atoms with E-state index in [0.29, 0.717) is 5.02 Å². The molecule has 0 aliphatic rings. The van der Waals surface area contributed by atoms with Crippen LogP contribution in [0, 0.1) is 6.92 Å². The van der Waals surface area contributed by atoms with Crippen LogP contribution in [0.5, 0.6) is 0 Å². The highest BCUT2D eigenvalue weighted by Crippen LogP contribution is 2.32. The molecule has 0 heterocycles. The van der Waals surface area contributed by atoms with Crippen molar-refractivity contribution in [1.29, 1.82) is 0 Å². The number of halogens is 3. The summed E-state index contributed by atoms with van der Waals surface area (Å²) in [7, 11) is 0. The normalized spacial score (nSPS) is 15.6. The fraction of sp³-hybridized carbons (Fsp3) is 0.400. The Labute approximate surface area is 86.9 Å². The minimum atomic E-state index is -2.64. The van der Waals surface area contributed by atoms with Crippen molar-refractivity contribution >= 4 is 11.6 Å². The molecule has 1 nitrogen and oxygen atoms in total. The van der Waals surface area contributed by atoms with Crippen LogP contribution >= 0.6 is 11.6 Å². The van der Waals surface area contributed by atoms with Crippen molar-refractivity contribution in [2.24, 2.45) is 5.73 Å². The maximum Gasteiger partial charge on any atom is 0.260 e. The SMILES string of the molecule is Cc1cccc(C(C)(N)C(F)F)c1Cl. The Morgan fingerprint density at radius 1 is 1.43 bits per heavy atom. The van der Waals surface area contributed by atoms with E-state index in [-0.39, 0.29) is 5.56 Å². The van der Waals surface area contributed by atoms with Crippen molar-refractivity contribution in [2.75, 3.05) is 0 Å². The fourth-order valence-corrected chi connectivity index (χ4v) is 1.51. The number of hydrogen-bond donors (Lipinski definition) is 1. The molecule has 0 amide bonds. The second-order valence-electron chi connectivity index (χ2n) is 3.52. The van der Waals surface area contributed by atoms with Gasteiger partial charge in [-0.2, -0.15) is 0 Å². The molecule has 78 valence electrons. The summed E-state index contributed by atoms with van der Waals surface area (Å²) in [6, 6.07) is 4.96. The highest BCUT2D eigenvalue weighted by molar-refractivity contribution is 6.32. The Balaban J connectivity index is 3.26. The number of alkyl halides is 2. The van der Waals surface area contributed by atoms with Crippen LogP contribution in [0.2, 0.25) is 5.02 Å². The second-order valence-corrected chi connectivity index (χ2v) is 3.90. The van der Waals surface area contributed by atoms with Crippen LogP contribution in [0.15, 0.2) is 18.2 Å². The predicted octanol–water partition coefficient (Wildman–Crippen LogP) is 3.09. The van der Waals surface area contributed by atoms with Gasteiger partial charge in [0, 0.05) is 5.02 Å². The van der Waals surface area contributed by atoms with Gasteiger partial charge in [-0.15, -0.1) is 0 Å². The van der Waals surface area contributed by atoms with Gasteiger partial charge in [-0.1, -0.05) is 29.8 Å². The Morgan fingerprint density at radius 2 is 2.00 bits per heavy atom. The van der Waals surface area contributed by atoms with Gasteiger partial charge in [-0.3, -0.25) is 0 Å². The molecule has 0 aliphatic carbocycles. The summed E-state index contributed by atoms with van der Waals surface area (Å²) in [6.07, 6.45) is -2.64. The van der Waals surface area contributed by atoms with Crippen LogP contribution in [0.3, 0.4) is 0 Å². The van der Waals surface area contributed by atoms with E-state index in [2.05, 4.69) is 0 Å². The smallest absolute Gasteiger partial charge is 0.260 e. The van der Waals surface area contributed by atoms with Crippen LogP contribution in [0.4, 0.5) is 8.78 Å². The topological polar surface area (TPSA) is 26.0 Å². The number of rotatable bonds is 2. The monoisotopic (exact) mass is 219 g/mol. The maximum absolute atomic E-state index is 12.6. The molecule has 0 aliphatic heterocycles. The van der Waals surface area contributed by atoms with Crippen LogP contribution in [0.1, 0.15) is 18.1 Å². The molecule has 0 spiro atoms. The molecule has 1 aromatic rings. The van der Waals surface area contributed by atoms with Crippen LogP contribution in [-0.4, -0.2) is 6.43 Å². The van der Waals surface area contributed by atoms with E-state index >= 15 is 0 Å². The van der Waals surface area contributed by atoms with Gasteiger partial charge in [-0.05, 0) is 25.0 Å². The molecule has 0 aromatic heterocycles. The lowest BCUT2D eigenvalue weighted by atomic mass is 9.92. The van der Waals surface area contributed by atoms with E-state index in [9.17, 15) is 8.78 Å². The first-order valence-corrected chi connectivity index (χ1v) is 4.57. The van der Waals surface area contributed by atoms with Gasteiger partial charge in [0.1, 0.15) is 5.54 Å². The Hall–Kier alpha value is -0.670. The van der Waals surface area contributed by atoms with Gasteiger partial charge in [0.15, 0.2) is 0 Å². The van der Waals surface area contributed by atoms with E-state index in [1.54, 1.807) is 19.1 Å².